The Morgan fingerprint density at radius 3 is 1.62 bits per heavy atom. The van der Waals surface area contributed by atoms with Crippen LogP contribution < -0.4 is 0 Å². The maximum absolute atomic E-state index is 5.50. The van der Waals surface area contributed by atoms with Crippen LogP contribution in [0.15, 0.2) is 0 Å². The SMILES string of the molecule is CCCCO[C@H]1CO[C@H](OCCCC)CO1. The molecule has 0 aromatic heterocycles. The standard InChI is InChI=1S/C12H24O4/c1-3-5-7-13-11-9-16-12(10-15-11)14-8-6-4-2/h11-12H,3-10H2,1-2H3/t11-,12+. The van der Waals surface area contributed by atoms with Gasteiger partial charge in [-0.2, -0.15) is 0 Å². The molecule has 0 unspecified atom stereocenters. The number of hydrogen-bond donors (Lipinski definition) is 0. The first-order chi connectivity index (χ1) is 7.86. The Morgan fingerprint density at radius 1 is 0.875 bits per heavy atom. The number of unbranched alkanes of at least 4 members (excludes halogenated alkanes) is 2. The number of hydrogen-bond acceptors (Lipinski definition) is 4. The van der Waals surface area contributed by atoms with Crippen molar-refractivity contribution >= 4 is 0 Å². The minimum absolute atomic E-state index is 0.211. The molecule has 0 amide bonds. The monoisotopic (exact) mass is 232 g/mol. The molecule has 0 aromatic rings. The molecule has 96 valence electrons. The van der Waals surface area contributed by atoms with Crippen molar-refractivity contribution in [2.45, 2.75) is 52.1 Å². The van der Waals surface area contributed by atoms with Gasteiger partial charge >= 0.3 is 0 Å². The number of rotatable bonds is 8. The summed E-state index contributed by atoms with van der Waals surface area (Å²) in [6.45, 7) is 6.71. The third-order valence-corrected chi connectivity index (χ3v) is 2.44. The highest BCUT2D eigenvalue weighted by Gasteiger charge is 2.22. The zero-order chi connectivity index (χ0) is 11.6. The largest absolute Gasteiger partial charge is 0.350 e. The van der Waals surface area contributed by atoms with Gasteiger partial charge in [-0.05, 0) is 12.8 Å². The van der Waals surface area contributed by atoms with Crippen molar-refractivity contribution < 1.29 is 18.9 Å². The summed E-state index contributed by atoms with van der Waals surface area (Å²) in [5.41, 5.74) is 0. The van der Waals surface area contributed by atoms with Gasteiger partial charge in [0.1, 0.15) is 13.2 Å². The van der Waals surface area contributed by atoms with E-state index >= 15 is 0 Å². The van der Waals surface area contributed by atoms with Crippen molar-refractivity contribution in [2.75, 3.05) is 26.4 Å². The van der Waals surface area contributed by atoms with Gasteiger partial charge in [-0.3, -0.25) is 0 Å². The van der Waals surface area contributed by atoms with Crippen LogP contribution in [0.4, 0.5) is 0 Å². The van der Waals surface area contributed by atoms with Crippen LogP contribution >= 0.6 is 0 Å². The maximum atomic E-state index is 5.50. The highest BCUT2D eigenvalue weighted by atomic mass is 16.8. The lowest BCUT2D eigenvalue weighted by atomic mass is 10.4. The Bertz CT molecular complexity index is 137. The predicted molar refractivity (Wildman–Crippen MR) is 61.2 cm³/mol. The Morgan fingerprint density at radius 2 is 1.31 bits per heavy atom. The fourth-order valence-corrected chi connectivity index (χ4v) is 1.38. The second kappa shape index (κ2) is 8.93. The molecule has 0 N–H and O–H groups in total. The van der Waals surface area contributed by atoms with Crippen molar-refractivity contribution in [1.82, 2.24) is 0 Å². The molecule has 0 spiro atoms. The Balaban J connectivity index is 2.00. The molecule has 4 nitrogen and oxygen atoms in total. The molecule has 2 atom stereocenters. The zero-order valence-corrected chi connectivity index (χ0v) is 10.4. The van der Waals surface area contributed by atoms with Crippen LogP contribution in [0.2, 0.25) is 0 Å². The van der Waals surface area contributed by atoms with Crippen molar-refractivity contribution in [3.05, 3.63) is 0 Å². The fourth-order valence-electron chi connectivity index (χ4n) is 1.38. The summed E-state index contributed by atoms with van der Waals surface area (Å²) in [4.78, 5) is 0. The van der Waals surface area contributed by atoms with Gasteiger partial charge in [0, 0.05) is 13.2 Å². The number of ether oxygens (including phenoxy) is 4. The van der Waals surface area contributed by atoms with Crippen molar-refractivity contribution in [1.29, 1.82) is 0 Å². The van der Waals surface area contributed by atoms with Gasteiger partial charge in [-0.15, -0.1) is 0 Å². The van der Waals surface area contributed by atoms with Crippen molar-refractivity contribution in [3.8, 4) is 0 Å². The molecule has 1 heterocycles. The van der Waals surface area contributed by atoms with Crippen LogP contribution in [0.25, 0.3) is 0 Å². The van der Waals surface area contributed by atoms with Gasteiger partial charge in [0.05, 0.1) is 0 Å². The van der Waals surface area contributed by atoms with Crippen LogP contribution in [0.5, 0.6) is 0 Å². The van der Waals surface area contributed by atoms with E-state index in [0.29, 0.717) is 13.2 Å². The maximum Gasteiger partial charge on any atom is 0.181 e. The summed E-state index contributed by atoms with van der Waals surface area (Å²) in [5.74, 6) is 0. The zero-order valence-electron chi connectivity index (χ0n) is 10.4. The molecule has 1 saturated heterocycles. The second-order valence-electron chi connectivity index (χ2n) is 3.97. The highest BCUT2D eigenvalue weighted by Crippen LogP contribution is 2.10. The van der Waals surface area contributed by atoms with Crippen LogP contribution in [0.3, 0.4) is 0 Å². The van der Waals surface area contributed by atoms with Crippen LogP contribution in [-0.2, 0) is 18.9 Å². The smallest absolute Gasteiger partial charge is 0.181 e. The van der Waals surface area contributed by atoms with Crippen LogP contribution in [-0.4, -0.2) is 39.0 Å². The normalized spacial score (nSPS) is 25.9. The lowest BCUT2D eigenvalue weighted by Crippen LogP contribution is -2.38. The minimum atomic E-state index is -0.211. The summed E-state index contributed by atoms with van der Waals surface area (Å²) in [7, 11) is 0. The van der Waals surface area contributed by atoms with E-state index in [4.69, 9.17) is 18.9 Å². The fraction of sp³-hybridized carbons (Fsp3) is 1.00. The average Bonchev–Trinajstić information content (AvgIpc) is 2.32. The van der Waals surface area contributed by atoms with Crippen molar-refractivity contribution in [2.24, 2.45) is 0 Å². The third-order valence-electron chi connectivity index (χ3n) is 2.44. The lowest BCUT2D eigenvalue weighted by Gasteiger charge is -2.29. The highest BCUT2D eigenvalue weighted by molar-refractivity contribution is 4.54. The van der Waals surface area contributed by atoms with E-state index in [2.05, 4.69) is 13.8 Å². The second-order valence-corrected chi connectivity index (χ2v) is 3.97. The molecule has 1 aliphatic heterocycles. The quantitative estimate of drug-likeness (QED) is 0.602. The summed E-state index contributed by atoms with van der Waals surface area (Å²) in [5, 5.41) is 0. The Hall–Kier alpha value is -0.160. The lowest BCUT2D eigenvalue weighted by molar-refractivity contribution is -0.289. The van der Waals surface area contributed by atoms with E-state index in [1.54, 1.807) is 0 Å². The summed E-state index contributed by atoms with van der Waals surface area (Å²) >= 11 is 0. The first kappa shape index (κ1) is 13.9. The Kier molecular flexibility index (Phi) is 7.76. The van der Waals surface area contributed by atoms with Gasteiger partial charge in [-0.1, -0.05) is 26.7 Å². The van der Waals surface area contributed by atoms with E-state index in [1.807, 2.05) is 0 Å². The minimum Gasteiger partial charge on any atom is -0.350 e. The van der Waals surface area contributed by atoms with Gasteiger partial charge in [0.2, 0.25) is 0 Å². The van der Waals surface area contributed by atoms with E-state index in [1.165, 1.54) is 0 Å². The van der Waals surface area contributed by atoms with Crippen LogP contribution in [0, 0.1) is 0 Å². The molecular formula is C12H24O4. The van der Waals surface area contributed by atoms with E-state index in [9.17, 15) is 0 Å². The molecule has 0 aromatic carbocycles. The van der Waals surface area contributed by atoms with E-state index in [-0.39, 0.29) is 12.6 Å². The van der Waals surface area contributed by atoms with E-state index < -0.39 is 0 Å². The van der Waals surface area contributed by atoms with Gasteiger partial charge < -0.3 is 18.9 Å². The van der Waals surface area contributed by atoms with Crippen molar-refractivity contribution in [3.63, 3.8) is 0 Å². The molecule has 1 rings (SSSR count). The molecule has 0 saturated carbocycles. The van der Waals surface area contributed by atoms with Gasteiger partial charge in [0.25, 0.3) is 0 Å². The molecule has 0 bridgehead atoms. The average molecular weight is 232 g/mol. The van der Waals surface area contributed by atoms with Crippen LogP contribution in [0.1, 0.15) is 39.5 Å². The van der Waals surface area contributed by atoms with Gasteiger partial charge in [-0.25, -0.2) is 0 Å². The molecule has 1 fully saturated rings. The third kappa shape index (κ3) is 5.80. The molecule has 4 heteroatoms. The summed E-state index contributed by atoms with van der Waals surface area (Å²) in [6, 6.07) is 0. The first-order valence-corrected chi connectivity index (χ1v) is 6.33. The molecular weight excluding hydrogens is 208 g/mol. The summed E-state index contributed by atoms with van der Waals surface area (Å²) < 4.78 is 22.0. The first-order valence-electron chi connectivity index (χ1n) is 6.33. The molecule has 0 radical (unpaired) electrons. The summed E-state index contributed by atoms with van der Waals surface area (Å²) in [6.07, 6.45) is 3.98. The molecule has 1 aliphatic rings. The predicted octanol–water partition coefficient (Wildman–Crippen LogP) is 2.32. The molecule has 0 aliphatic carbocycles. The molecule has 16 heavy (non-hydrogen) atoms. The Labute approximate surface area is 98.2 Å². The topological polar surface area (TPSA) is 36.9 Å². The van der Waals surface area contributed by atoms with Gasteiger partial charge in [0.15, 0.2) is 12.6 Å². The van der Waals surface area contributed by atoms with E-state index in [0.717, 1.165) is 38.9 Å².